The lowest BCUT2D eigenvalue weighted by Gasteiger charge is -2.54. The van der Waals surface area contributed by atoms with Gasteiger partial charge in [0.1, 0.15) is 17.4 Å². The minimum atomic E-state index is -0.872. The molecule has 3 aliphatic rings. The molecule has 10 heteroatoms. The number of carbonyl (C=O) groups is 1. The van der Waals surface area contributed by atoms with Crippen LogP contribution in [0.3, 0.4) is 0 Å². The predicted octanol–water partition coefficient (Wildman–Crippen LogP) is 2.65. The van der Waals surface area contributed by atoms with Gasteiger partial charge >= 0.3 is 6.09 Å². The van der Waals surface area contributed by atoms with Gasteiger partial charge in [-0.05, 0) is 25.5 Å². The number of thiazole rings is 1. The second kappa shape index (κ2) is 6.89. The number of aliphatic hydroxyl groups excluding tert-OH is 1. The summed E-state index contributed by atoms with van der Waals surface area (Å²) in [5.74, 6) is 0.533. The summed E-state index contributed by atoms with van der Waals surface area (Å²) in [7, 11) is 0. The molecule has 3 aromatic rings. The van der Waals surface area contributed by atoms with Crippen LogP contribution >= 0.6 is 11.3 Å². The molecule has 3 atom stereocenters. The van der Waals surface area contributed by atoms with Gasteiger partial charge in [-0.1, -0.05) is 0 Å². The van der Waals surface area contributed by atoms with Crippen molar-refractivity contribution in [2.45, 2.75) is 31.5 Å². The van der Waals surface area contributed by atoms with E-state index in [0.717, 1.165) is 17.0 Å². The molecule has 3 fully saturated rings. The Labute approximate surface area is 170 Å². The first-order valence-corrected chi connectivity index (χ1v) is 10.3. The van der Waals surface area contributed by atoms with Crippen LogP contribution in [0.4, 0.5) is 10.8 Å². The van der Waals surface area contributed by atoms with E-state index in [9.17, 15) is 15.0 Å². The van der Waals surface area contributed by atoms with Crippen LogP contribution in [-0.2, 0) is 0 Å². The van der Waals surface area contributed by atoms with E-state index in [1.165, 1.54) is 16.2 Å². The molecule has 2 unspecified atom stereocenters. The first kappa shape index (κ1) is 18.2. The van der Waals surface area contributed by atoms with Crippen LogP contribution < -0.4 is 9.64 Å². The summed E-state index contributed by atoms with van der Waals surface area (Å²) in [6.45, 7) is 2.90. The van der Waals surface area contributed by atoms with Gasteiger partial charge in [-0.3, -0.25) is 4.90 Å². The van der Waals surface area contributed by atoms with E-state index >= 15 is 0 Å². The average Bonchev–Trinajstić information content (AvgIpc) is 3.35. The largest absolute Gasteiger partial charge is 0.488 e. The van der Waals surface area contributed by atoms with Crippen LogP contribution in [0, 0.1) is 0 Å². The fourth-order valence-corrected chi connectivity index (χ4v) is 4.70. The molecule has 6 rings (SSSR count). The number of aliphatic hydroxyl groups is 1. The summed E-state index contributed by atoms with van der Waals surface area (Å²) in [5, 5.41) is 21.6. The number of benzene rings is 1. The van der Waals surface area contributed by atoms with Crippen molar-refractivity contribution in [2.24, 2.45) is 0 Å². The standard InChI is InChI=1S/C19H20N4O5S/c1-10(24)9-27-14-3-2-13(17-20-4-5-29-17)16-15(14)21-18(28-16)22-7-11-6-12(8-22)23(11)19(25)26/h2-5,10-12,24H,6-9H2,1H3,(H,25,26)/t10-,11?,12?/m0/s1. The van der Waals surface area contributed by atoms with Crippen LogP contribution in [0.2, 0.25) is 0 Å². The van der Waals surface area contributed by atoms with E-state index in [1.807, 2.05) is 22.4 Å². The molecule has 2 bridgehead atoms. The number of piperazine rings is 1. The van der Waals surface area contributed by atoms with Crippen LogP contribution in [0.5, 0.6) is 5.75 Å². The van der Waals surface area contributed by atoms with Crippen LogP contribution in [0.15, 0.2) is 28.1 Å². The fourth-order valence-electron chi connectivity index (χ4n) is 4.04. The van der Waals surface area contributed by atoms with Gasteiger partial charge in [-0.15, -0.1) is 11.3 Å². The summed E-state index contributed by atoms with van der Waals surface area (Å²) in [4.78, 5) is 23.9. The zero-order valence-corrected chi connectivity index (χ0v) is 16.5. The van der Waals surface area contributed by atoms with Crippen molar-refractivity contribution >= 4 is 34.5 Å². The maximum atomic E-state index is 11.4. The number of carboxylic acid groups (broad SMARTS) is 1. The molecule has 152 valence electrons. The third-order valence-corrected chi connectivity index (χ3v) is 6.13. The molecule has 1 amide bonds. The summed E-state index contributed by atoms with van der Waals surface area (Å²) in [6.07, 6.45) is 1.13. The highest BCUT2D eigenvalue weighted by atomic mass is 32.1. The Balaban J connectivity index is 1.51. The van der Waals surface area contributed by atoms with Gasteiger partial charge in [0.15, 0.2) is 11.1 Å². The minimum Gasteiger partial charge on any atom is -0.488 e. The van der Waals surface area contributed by atoms with Gasteiger partial charge in [0.2, 0.25) is 0 Å². The van der Waals surface area contributed by atoms with Gasteiger partial charge in [-0.25, -0.2) is 9.78 Å². The highest BCUT2D eigenvalue weighted by Gasteiger charge is 2.48. The lowest BCUT2D eigenvalue weighted by Crippen LogP contribution is -2.70. The van der Waals surface area contributed by atoms with Gasteiger partial charge in [-0.2, -0.15) is 4.98 Å². The molecular weight excluding hydrogens is 396 g/mol. The van der Waals surface area contributed by atoms with E-state index in [1.54, 1.807) is 13.1 Å². The number of fused-ring (bicyclic) bond motifs is 3. The Morgan fingerprint density at radius 2 is 2.21 bits per heavy atom. The molecule has 5 heterocycles. The normalized spacial score (nSPS) is 21.9. The summed E-state index contributed by atoms with van der Waals surface area (Å²) < 4.78 is 11.9. The summed E-state index contributed by atoms with van der Waals surface area (Å²) in [6, 6.07) is 4.07. The van der Waals surface area contributed by atoms with Crippen molar-refractivity contribution in [2.75, 3.05) is 24.6 Å². The average molecular weight is 416 g/mol. The van der Waals surface area contributed by atoms with Crippen LogP contribution in [0.25, 0.3) is 21.7 Å². The molecule has 29 heavy (non-hydrogen) atoms. The zero-order chi connectivity index (χ0) is 20.1. The lowest BCUT2D eigenvalue weighted by molar-refractivity contribution is 0.0101. The molecule has 3 aliphatic heterocycles. The number of amides is 1. The first-order chi connectivity index (χ1) is 14.0. The molecular formula is C19H20N4O5S. The fraction of sp³-hybridized carbons (Fsp3) is 0.421. The van der Waals surface area contributed by atoms with Crippen molar-refractivity contribution in [3.05, 3.63) is 23.7 Å². The van der Waals surface area contributed by atoms with Crippen molar-refractivity contribution in [1.29, 1.82) is 0 Å². The number of nitrogens with zero attached hydrogens (tertiary/aromatic N) is 4. The molecule has 0 spiro atoms. The van der Waals surface area contributed by atoms with Gasteiger partial charge in [0, 0.05) is 24.7 Å². The van der Waals surface area contributed by atoms with Crippen LogP contribution in [0.1, 0.15) is 13.3 Å². The molecule has 1 aromatic carbocycles. The molecule has 0 saturated carbocycles. The molecule has 2 N–H and O–H groups in total. The number of hydrogen-bond acceptors (Lipinski definition) is 8. The number of oxazole rings is 1. The van der Waals surface area contributed by atoms with Gasteiger partial charge < -0.3 is 24.3 Å². The van der Waals surface area contributed by atoms with Crippen LogP contribution in [-0.4, -0.2) is 69.1 Å². The Hall–Kier alpha value is -2.85. The third kappa shape index (κ3) is 3.08. The van der Waals surface area contributed by atoms with Crippen molar-refractivity contribution in [3.63, 3.8) is 0 Å². The predicted molar refractivity (Wildman–Crippen MR) is 107 cm³/mol. The van der Waals surface area contributed by atoms with Crippen molar-refractivity contribution < 1.29 is 24.2 Å². The molecule has 0 radical (unpaired) electrons. The SMILES string of the molecule is C[C@H](O)COc1ccc(-c2nccs2)c2oc(N3CC4CC(C3)N4C(=O)O)nc12. The van der Waals surface area contributed by atoms with E-state index in [-0.39, 0.29) is 18.7 Å². The van der Waals surface area contributed by atoms with Gasteiger partial charge in [0.05, 0.1) is 23.8 Å². The Morgan fingerprint density at radius 3 is 2.86 bits per heavy atom. The number of piperidine rings is 1. The molecule has 0 aliphatic carbocycles. The number of ether oxygens (including phenoxy) is 1. The van der Waals surface area contributed by atoms with E-state index < -0.39 is 12.2 Å². The van der Waals surface area contributed by atoms with Crippen molar-refractivity contribution in [1.82, 2.24) is 14.9 Å². The zero-order valence-electron chi connectivity index (χ0n) is 15.7. The highest BCUT2D eigenvalue weighted by molar-refractivity contribution is 7.13. The van der Waals surface area contributed by atoms with Gasteiger partial charge in [0.25, 0.3) is 6.01 Å². The Morgan fingerprint density at radius 1 is 1.41 bits per heavy atom. The number of aromatic nitrogens is 2. The third-order valence-electron chi connectivity index (χ3n) is 5.32. The Bertz CT molecular complexity index is 1040. The monoisotopic (exact) mass is 416 g/mol. The minimum absolute atomic E-state index is 0.0364. The second-order valence-corrected chi connectivity index (χ2v) is 8.32. The second-order valence-electron chi connectivity index (χ2n) is 7.42. The van der Waals surface area contributed by atoms with Crippen molar-refractivity contribution in [3.8, 4) is 16.3 Å². The van der Waals surface area contributed by atoms with E-state index in [4.69, 9.17) is 9.15 Å². The smallest absolute Gasteiger partial charge is 0.407 e. The Kier molecular flexibility index (Phi) is 4.32. The highest BCUT2D eigenvalue weighted by Crippen LogP contribution is 2.40. The first-order valence-electron chi connectivity index (χ1n) is 9.41. The van der Waals surface area contributed by atoms with E-state index in [2.05, 4.69) is 9.97 Å². The molecule has 3 saturated heterocycles. The maximum Gasteiger partial charge on any atom is 0.407 e. The molecule has 9 nitrogen and oxygen atoms in total. The summed E-state index contributed by atoms with van der Waals surface area (Å²) in [5.41, 5.74) is 1.97. The summed E-state index contributed by atoms with van der Waals surface area (Å²) >= 11 is 1.51. The lowest BCUT2D eigenvalue weighted by atomic mass is 9.88. The topological polar surface area (TPSA) is 112 Å². The van der Waals surface area contributed by atoms with E-state index in [0.29, 0.717) is 36.0 Å². The quantitative estimate of drug-likeness (QED) is 0.653. The molecule has 2 aromatic heterocycles. The number of rotatable bonds is 5. The number of hydrogen-bond donors (Lipinski definition) is 2. The number of anilines is 1. The maximum absolute atomic E-state index is 11.4.